The van der Waals surface area contributed by atoms with Crippen molar-refractivity contribution in [2.75, 3.05) is 26.2 Å². The molecule has 0 spiro atoms. The number of hydrogen-bond donors (Lipinski definition) is 1. The molecule has 0 bridgehead atoms. The zero-order valence-corrected chi connectivity index (χ0v) is 14.8. The summed E-state index contributed by atoms with van der Waals surface area (Å²) >= 11 is 0. The predicted molar refractivity (Wildman–Crippen MR) is 91.8 cm³/mol. The normalized spacial score (nSPS) is 26.4. The molecule has 1 aliphatic heterocycles. The van der Waals surface area contributed by atoms with Crippen LogP contribution in [0.5, 0.6) is 0 Å². The summed E-state index contributed by atoms with van der Waals surface area (Å²) in [6.07, 6.45) is 5.90. The molecule has 132 valence electrons. The van der Waals surface area contributed by atoms with Gasteiger partial charge in [0.1, 0.15) is 0 Å². The Morgan fingerprint density at radius 2 is 1.78 bits per heavy atom. The van der Waals surface area contributed by atoms with Gasteiger partial charge in [-0.1, -0.05) is 13.8 Å². The lowest BCUT2D eigenvalue weighted by Gasteiger charge is -2.22. The number of rotatable bonds is 8. The lowest BCUT2D eigenvalue weighted by molar-refractivity contribution is -0.132. The summed E-state index contributed by atoms with van der Waals surface area (Å²) in [5.74, 6) is 1.52. The first-order valence-corrected chi connectivity index (χ1v) is 9.37. The van der Waals surface area contributed by atoms with E-state index in [1.807, 2.05) is 9.80 Å². The van der Waals surface area contributed by atoms with Crippen molar-refractivity contribution in [1.82, 2.24) is 9.80 Å². The lowest BCUT2D eigenvalue weighted by atomic mass is 9.98. The molecule has 2 N–H and O–H groups in total. The fraction of sp³-hybridized carbons (Fsp3) is 0.889. The van der Waals surface area contributed by atoms with Crippen molar-refractivity contribution < 1.29 is 9.59 Å². The molecule has 1 aliphatic carbocycles. The van der Waals surface area contributed by atoms with Gasteiger partial charge in [0, 0.05) is 45.1 Å². The Balaban J connectivity index is 1.69. The number of hydrogen-bond acceptors (Lipinski definition) is 3. The topological polar surface area (TPSA) is 66.6 Å². The van der Waals surface area contributed by atoms with E-state index in [0.29, 0.717) is 31.1 Å². The minimum atomic E-state index is 0.196. The largest absolute Gasteiger partial charge is 0.343 e. The summed E-state index contributed by atoms with van der Waals surface area (Å²) in [6, 6.07) is 0.274. The van der Waals surface area contributed by atoms with Gasteiger partial charge >= 0.3 is 0 Å². The van der Waals surface area contributed by atoms with Crippen LogP contribution in [-0.2, 0) is 9.59 Å². The quantitative estimate of drug-likeness (QED) is 0.743. The number of carbonyl (C=O) groups excluding carboxylic acids is 2. The molecule has 2 aliphatic rings. The SMILES string of the molecule is CCCN(CCC)C(=O)CCCC(=O)N1CC2CCC(N)C2C1. The number of fused-ring (bicyclic) bond motifs is 1. The van der Waals surface area contributed by atoms with E-state index in [-0.39, 0.29) is 17.9 Å². The maximum atomic E-state index is 12.3. The van der Waals surface area contributed by atoms with Gasteiger partial charge < -0.3 is 15.5 Å². The molecule has 3 atom stereocenters. The van der Waals surface area contributed by atoms with E-state index in [9.17, 15) is 9.59 Å². The summed E-state index contributed by atoms with van der Waals surface area (Å²) in [4.78, 5) is 28.5. The first-order chi connectivity index (χ1) is 11.1. The molecular weight excluding hydrogens is 290 g/mol. The number of likely N-dealkylation sites (tertiary alicyclic amines) is 1. The third-order valence-electron chi connectivity index (χ3n) is 5.39. The molecule has 0 aromatic heterocycles. The van der Waals surface area contributed by atoms with Crippen molar-refractivity contribution in [3.05, 3.63) is 0 Å². The minimum absolute atomic E-state index is 0.196. The van der Waals surface area contributed by atoms with E-state index in [1.165, 1.54) is 0 Å². The fourth-order valence-corrected chi connectivity index (χ4v) is 4.12. The van der Waals surface area contributed by atoms with Gasteiger partial charge in [-0.05, 0) is 43.9 Å². The van der Waals surface area contributed by atoms with E-state index in [1.54, 1.807) is 0 Å². The second-order valence-electron chi connectivity index (χ2n) is 7.20. The fourth-order valence-electron chi connectivity index (χ4n) is 4.12. The monoisotopic (exact) mass is 323 g/mol. The van der Waals surface area contributed by atoms with Gasteiger partial charge in [0.05, 0.1) is 0 Å². The van der Waals surface area contributed by atoms with Gasteiger partial charge in [-0.15, -0.1) is 0 Å². The first-order valence-electron chi connectivity index (χ1n) is 9.37. The Bertz CT molecular complexity index is 407. The van der Waals surface area contributed by atoms with Crippen LogP contribution >= 0.6 is 0 Å². The van der Waals surface area contributed by atoms with Gasteiger partial charge in [-0.25, -0.2) is 0 Å². The highest BCUT2D eigenvalue weighted by molar-refractivity contribution is 5.79. The van der Waals surface area contributed by atoms with Gasteiger partial charge in [0.25, 0.3) is 0 Å². The van der Waals surface area contributed by atoms with Gasteiger partial charge in [-0.2, -0.15) is 0 Å². The Kier molecular flexibility index (Phi) is 6.88. The van der Waals surface area contributed by atoms with Crippen molar-refractivity contribution in [2.45, 2.75) is 64.8 Å². The maximum absolute atomic E-state index is 12.3. The number of nitrogens with zero attached hydrogens (tertiary/aromatic N) is 2. The summed E-state index contributed by atoms with van der Waals surface area (Å²) in [5.41, 5.74) is 6.12. The molecule has 0 radical (unpaired) electrons. The molecule has 3 unspecified atom stereocenters. The van der Waals surface area contributed by atoms with Crippen LogP contribution in [0.4, 0.5) is 0 Å². The Hall–Kier alpha value is -1.10. The third-order valence-corrected chi connectivity index (χ3v) is 5.39. The van der Waals surface area contributed by atoms with Crippen molar-refractivity contribution in [1.29, 1.82) is 0 Å². The molecule has 0 aromatic rings. The van der Waals surface area contributed by atoms with E-state index >= 15 is 0 Å². The maximum Gasteiger partial charge on any atom is 0.222 e. The van der Waals surface area contributed by atoms with E-state index < -0.39 is 0 Å². The Morgan fingerprint density at radius 3 is 2.39 bits per heavy atom. The first kappa shape index (κ1) is 18.2. The molecular formula is C18H33N3O2. The standard InChI is InChI=1S/C18H33N3O2/c1-3-10-20(11-4-2)17(22)6-5-7-18(23)21-12-14-8-9-16(19)15(14)13-21/h14-16H,3-13,19H2,1-2H3. The molecule has 1 saturated carbocycles. The van der Waals surface area contributed by atoms with Gasteiger partial charge in [0.15, 0.2) is 0 Å². The highest BCUT2D eigenvalue weighted by Gasteiger charge is 2.42. The van der Waals surface area contributed by atoms with Gasteiger partial charge in [-0.3, -0.25) is 9.59 Å². The van der Waals surface area contributed by atoms with E-state index in [4.69, 9.17) is 5.73 Å². The summed E-state index contributed by atoms with van der Waals surface area (Å²) in [7, 11) is 0. The lowest BCUT2D eigenvalue weighted by Crippen LogP contribution is -2.34. The van der Waals surface area contributed by atoms with Crippen LogP contribution in [0.3, 0.4) is 0 Å². The molecule has 2 rings (SSSR count). The number of carbonyl (C=O) groups is 2. The van der Waals surface area contributed by atoms with Crippen molar-refractivity contribution in [3.63, 3.8) is 0 Å². The number of nitrogens with two attached hydrogens (primary N) is 1. The summed E-state index contributed by atoms with van der Waals surface area (Å²) in [5, 5.41) is 0. The molecule has 5 nitrogen and oxygen atoms in total. The Labute approximate surface area is 140 Å². The second kappa shape index (κ2) is 8.67. The van der Waals surface area contributed by atoms with Gasteiger partial charge in [0.2, 0.25) is 11.8 Å². The average Bonchev–Trinajstić information content (AvgIpc) is 3.09. The van der Waals surface area contributed by atoms with Crippen LogP contribution in [0.1, 0.15) is 58.8 Å². The zero-order chi connectivity index (χ0) is 16.8. The minimum Gasteiger partial charge on any atom is -0.343 e. The van der Waals surface area contributed by atoms with Crippen molar-refractivity contribution in [3.8, 4) is 0 Å². The highest BCUT2D eigenvalue weighted by Crippen LogP contribution is 2.37. The molecule has 0 aromatic carbocycles. The predicted octanol–water partition coefficient (Wildman–Crippen LogP) is 2.00. The average molecular weight is 323 g/mol. The highest BCUT2D eigenvalue weighted by atomic mass is 16.2. The van der Waals surface area contributed by atoms with Crippen molar-refractivity contribution >= 4 is 11.8 Å². The summed E-state index contributed by atoms with van der Waals surface area (Å²) in [6.45, 7) is 7.55. The van der Waals surface area contributed by atoms with Crippen LogP contribution in [0, 0.1) is 11.8 Å². The van der Waals surface area contributed by atoms with E-state index in [2.05, 4.69) is 13.8 Å². The zero-order valence-electron chi connectivity index (χ0n) is 14.8. The molecule has 23 heavy (non-hydrogen) atoms. The third kappa shape index (κ3) is 4.69. The van der Waals surface area contributed by atoms with Crippen LogP contribution in [0.25, 0.3) is 0 Å². The second-order valence-corrected chi connectivity index (χ2v) is 7.20. The molecule has 1 heterocycles. The smallest absolute Gasteiger partial charge is 0.222 e. The summed E-state index contributed by atoms with van der Waals surface area (Å²) < 4.78 is 0. The van der Waals surface area contributed by atoms with Crippen LogP contribution in [-0.4, -0.2) is 53.8 Å². The molecule has 1 saturated heterocycles. The Morgan fingerprint density at radius 1 is 1.09 bits per heavy atom. The van der Waals surface area contributed by atoms with Crippen LogP contribution in [0.15, 0.2) is 0 Å². The van der Waals surface area contributed by atoms with E-state index in [0.717, 1.165) is 51.9 Å². The number of amides is 2. The molecule has 2 fully saturated rings. The van der Waals surface area contributed by atoms with Crippen LogP contribution in [0.2, 0.25) is 0 Å². The molecule has 2 amide bonds. The van der Waals surface area contributed by atoms with Crippen molar-refractivity contribution in [2.24, 2.45) is 17.6 Å². The molecule has 5 heteroatoms. The van der Waals surface area contributed by atoms with Crippen LogP contribution < -0.4 is 5.73 Å².